The Morgan fingerprint density at radius 3 is 2.14 bits per heavy atom. The van der Waals surface area contributed by atoms with Crippen LogP contribution in [0.2, 0.25) is 0 Å². The van der Waals surface area contributed by atoms with Gasteiger partial charge >= 0.3 is 0 Å². The molecular weight excluding hydrogens is 640 g/mol. The van der Waals surface area contributed by atoms with Gasteiger partial charge in [-0.05, 0) is 73.9 Å². The van der Waals surface area contributed by atoms with Gasteiger partial charge in [0.1, 0.15) is 12.3 Å². The van der Waals surface area contributed by atoms with Gasteiger partial charge in [-0.25, -0.2) is 4.99 Å². The second-order valence-electron chi connectivity index (χ2n) is 13.3. The number of rotatable bonds is 20. The van der Waals surface area contributed by atoms with Crippen molar-refractivity contribution in [3.8, 4) is 5.75 Å². The number of hydrogen-bond donors (Lipinski definition) is 2. The van der Waals surface area contributed by atoms with Crippen LogP contribution in [0.15, 0.2) is 77.8 Å². The van der Waals surface area contributed by atoms with E-state index in [2.05, 4.69) is 29.4 Å². The fourth-order valence-corrected chi connectivity index (χ4v) is 5.96. The summed E-state index contributed by atoms with van der Waals surface area (Å²) in [5.74, 6) is 0.636. The summed E-state index contributed by atoms with van der Waals surface area (Å²) in [4.78, 5) is 50.1. The predicted molar refractivity (Wildman–Crippen MR) is 207 cm³/mol. The van der Waals surface area contributed by atoms with E-state index in [1.54, 1.807) is 17.0 Å². The molecule has 1 heterocycles. The molecule has 0 unspecified atom stereocenters. The number of carbonyl (C=O) groups excluding carboxylic acids is 3. The van der Waals surface area contributed by atoms with Crippen LogP contribution >= 0.6 is 0 Å². The molecule has 3 aromatic carbocycles. The molecule has 0 fully saturated rings. The Morgan fingerprint density at radius 2 is 1.49 bits per heavy atom. The van der Waals surface area contributed by atoms with E-state index in [4.69, 9.17) is 9.73 Å². The van der Waals surface area contributed by atoms with Crippen LogP contribution in [0.4, 0.5) is 17.1 Å². The number of hydrogen-bond acceptors (Lipinski definition) is 7. The molecule has 4 rings (SSSR count). The lowest BCUT2D eigenvalue weighted by molar-refractivity contribution is -0.131. The van der Waals surface area contributed by atoms with Crippen molar-refractivity contribution in [3.05, 3.63) is 83.9 Å². The molecule has 0 radical (unpaired) electrons. The highest BCUT2D eigenvalue weighted by Crippen LogP contribution is 2.30. The summed E-state index contributed by atoms with van der Waals surface area (Å²) >= 11 is 0. The molecule has 0 bridgehead atoms. The van der Waals surface area contributed by atoms with Gasteiger partial charge in [0.25, 0.3) is 5.91 Å². The normalized spacial score (nSPS) is 12.1. The first-order valence-electron chi connectivity index (χ1n) is 18.6. The van der Waals surface area contributed by atoms with Crippen molar-refractivity contribution >= 4 is 40.7 Å². The smallest absolute Gasteiger partial charge is 0.257 e. The number of amides is 3. The third kappa shape index (κ3) is 12.8. The Morgan fingerprint density at radius 1 is 0.804 bits per heavy atom. The third-order valence-corrected chi connectivity index (χ3v) is 8.92. The van der Waals surface area contributed by atoms with Crippen LogP contribution in [0, 0.1) is 0 Å². The lowest BCUT2D eigenvalue weighted by Gasteiger charge is -2.30. The van der Waals surface area contributed by atoms with Gasteiger partial charge in [-0.1, -0.05) is 70.6 Å². The standard InChI is InChI=1S/C41H56N6O4/c1-5-7-9-14-26-46(27-15-10-8-6-2)39(49)19-16-28-51-36-24-25-37-33(29-36)30-47(31-38(48)42-34-17-12-11-13-18-34)41(43-37)44-40(50)32-20-22-35(23-21-32)45(3)4/h11-13,17-18,20-25,29H,5-10,14-16,19,26-28,30-31H2,1-4H3,(H,42,48)(H,43,44,50). The van der Waals surface area contributed by atoms with Crippen molar-refractivity contribution in [1.82, 2.24) is 15.1 Å². The average Bonchev–Trinajstić information content (AvgIpc) is 3.13. The first-order valence-corrected chi connectivity index (χ1v) is 18.6. The fraction of sp³-hybridized carbons (Fsp3) is 0.463. The molecular formula is C41H56N6O4. The Kier molecular flexibility index (Phi) is 15.8. The van der Waals surface area contributed by atoms with Crippen molar-refractivity contribution < 1.29 is 19.1 Å². The molecule has 10 heteroatoms. The molecule has 1 aliphatic rings. The number of unbranched alkanes of at least 4 members (excludes halogenated alkanes) is 6. The quantitative estimate of drug-likeness (QED) is 0.117. The molecule has 0 saturated carbocycles. The molecule has 2 N–H and O–H groups in total. The highest BCUT2D eigenvalue weighted by atomic mass is 16.5. The summed E-state index contributed by atoms with van der Waals surface area (Å²) in [6, 6.07) is 22.2. The molecule has 0 aromatic heterocycles. The van der Waals surface area contributed by atoms with E-state index in [0.717, 1.165) is 50.0 Å². The van der Waals surface area contributed by atoms with Gasteiger partial charge in [0, 0.05) is 62.7 Å². The maximum absolute atomic E-state index is 13.3. The largest absolute Gasteiger partial charge is 0.494 e. The minimum absolute atomic E-state index is 0.0202. The fourth-order valence-electron chi connectivity index (χ4n) is 5.96. The summed E-state index contributed by atoms with van der Waals surface area (Å²) in [6.45, 7) is 6.82. The lowest BCUT2D eigenvalue weighted by atomic mass is 10.1. The predicted octanol–water partition coefficient (Wildman–Crippen LogP) is 7.77. The molecule has 0 spiro atoms. The maximum atomic E-state index is 13.3. The number of aliphatic imine (C=N–C) groups is 1. The number of nitrogens with one attached hydrogen (secondary N) is 2. The van der Waals surface area contributed by atoms with Crippen molar-refractivity contribution in [2.45, 2.75) is 84.6 Å². The highest BCUT2D eigenvalue weighted by Gasteiger charge is 2.25. The molecule has 0 atom stereocenters. The summed E-state index contributed by atoms with van der Waals surface area (Å²) in [5.41, 5.74) is 3.72. The van der Waals surface area contributed by atoms with E-state index in [9.17, 15) is 14.4 Å². The minimum atomic E-state index is -0.314. The van der Waals surface area contributed by atoms with Gasteiger partial charge < -0.3 is 24.8 Å². The summed E-state index contributed by atoms with van der Waals surface area (Å²) in [7, 11) is 3.89. The van der Waals surface area contributed by atoms with Gasteiger partial charge in [-0.15, -0.1) is 0 Å². The van der Waals surface area contributed by atoms with Crippen molar-refractivity contribution in [2.24, 2.45) is 4.99 Å². The molecule has 0 saturated heterocycles. The van der Waals surface area contributed by atoms with Gasteiger partial charge in [0.05, 0.1) is 12.3 Å². The van der Waals surface area contributed by atoms with E-state index >= 15 is 0 Å². The Balaban J connectivity index is 1.39. The first kappa shape index (κ1) is 38.9. The number of nitrogens with zero attached hydrogens (tertiary/aromatic N) is 4. The van der Waals surface area contributed by atoms with E-state index in [0.29, 0.717) is 54.6 Å². The number of para-hydroxylation sites is 1. The van der Waals surface area contributed by atoms with Gasteiger partial charge in [-0.2, -0.15) is 0 Å². The van der Waals surface area contributed by atoms with Crippen LogP contribution in [0.3, 0.4) is 0 Å². The zero-order valence-electron chi connectivity index (χ0n) is 31.0. The number of carbonyl (C=O) groups is 3. The monoisotopic (exact) mass is 696 g/mol. The zero-order valence-corrected chi connectivity index (χ0v) is 31.0. The molecule has 51 heavy (non-hydrogen) atoms. The molecule has 3 amide bonds. The third-order valence-electron chi connectivity index (χ3n) is 8.92. The number of fused-ring (bicyclic) bond motifs is 1. The van der Waals surface area contributed by atoms with Crippen molar-refractivity contribution in [1.29, 1.82) is 0 Å². The highest BCUT2D eigenvalue weighted by molar-refractivity contribution is 6.07. The zero-order chi connectivity index (χ0) is 36.4. The number of ether oxygens (including phenoxy) is 1. The van der Waals surface area contributed by atoms with Crippen LogP contribution in [-0.2, 0) is 16.1 Å². The van der Waals surface area contributed by atoms with Gasteiger partial charge in [0.15, 0.2) is 0 Å². The number of anilines is 2. The van der Waals surface area contributed by atoms with E-state index in [1.165, 1.54) is 25.7 Å². The van der Waals surface area contributed by atoms with Gasteiger partial charge in [-0.3, -0.25) is 19.7 Å². The maximum Gasteiger partial charge on any atom is 0.257 e. The second kappa shape index (κ2) is 20.7. The second-order valence-corrected chi connectivity index (χ2v) is 13.3. The molecule has 10 nitrogen and oxygen atoms in total. The van der Waals surface area contributed by atoms with Crippen LogP contribution < -0.4 is 20.3 Å². The summed E-state index contributed by atoms with van der Waals surface area (Å²) < 4.78 is 6.11. The topological polar surface area (TPSA) is 107 Å². The SMILES string of the molecule is CCCCCCN(CCCCCC)C(=O)CCCOc1ccc2c(c1)CN(CC(=O)Nc1ccccc1)C(NC(=O)c1ccc(N(C)C)cc1)=N2. The number of guanidine groups is 1. The number of benzene rings is 3. The lowest BCUT2D eigenvalue weighted by Crippen LogP contribution is -2.48. The van der Waals surface area contributed by atoms with E-state index in [-0.39, 0.29) is 24.3 Å². The van der Waals surface area contributed by atoms with Gasteiger partial charge in [0.2, 0.25) is 17.8 Å². The first-order chi connectivity index (χ1) is 24.8. The Labute approximate surface area is 304 Å². The van der Waals surface area contributed by atoms with Crippen LogP contribution in [-0.4, -0.2) is 73.8 Å². The van der Waals surface area contributed by atoms with Crippen molar-refractivity contribution in [2.75, 3.05) is 50.6 Å². The van der Waals surface area contributed by atoms with E-state index in [1.807, 2.05) is 79.7 Å². The summed E-state index contributed by atoms with van der Waals surface area (Å²) in [6.07, 6.45) is 10.3. The van der Waals surface area contributed by atoms with E-state index < -0.39 is 0 Å². The molecule has 274 valence electrons. The van der Waals surface area contributed by atoms with Crippen LogP contribution in [0.25, 0.3) is 0 Å². The molecule has 0 aliphatic carbocycles. The van der Waals surface area contributed by atoms with Crippen molar-refractivity contribution in [3.63, 3.8) is 0 Å². The Bertz CT molecular complexity index is 1560. The van der Waals surface area contributed by atoms with Crippen LogP contribution in [0.1, 0.15) is 94.0 Å². The summed E-state index contributed by atoms with van der Waals surface area (Å²) in [5, 5.41) is 5.86. The van der Waals surface area contributed by atoms with Crippen LogP contribution in [0.5, 0.6) is 5.75 Å². The Hall–Kier alpha value is -4.86. The molecule has 1 aliphatic heterocycles. The minimum Gasteiger partial charge on any atom is -0.494 e. The molecule has 3 aromatic rings. The average molecular weight is 697 g/mol.